The van der Waals surface area contributed by atoms with Crippen molar-refractivity contribution in [3.63, 3.8) is 0 Å². The van der Waals surface area contributed by atoms with E-state index < -0.39 is 44.8 Å². The van der Waals surface area contributed by atoms with Gasteiger partial charge >= 0.3 is 13.8 Å². The number of phosphoric ester groups is 1. The van der Waals surface area contributed by atoms with Crippen molar-refractivity contribution in [2.24, 2.45) is 0 Å². The minimum Gasteiger partial charge on any atom is -0.479 e. The Bertz CT molecular complexity index is 344. The van der Waals surface area contributed by atoms with Crippen molar-refractivity contribution in [3.05, 3.63) is 12.9 Å². The summed E-state index contributed by atoms with van der Waals surface area (Å²) >= 11 is 0. The average Bonchev–Trinajstić information content (AvgIpc) is 2.33. The SMILES string of the molecule is C=CF.O=C(O)C(O)C(O)C(O)C(O)COP(=O)(O)O. The van der Waals surface area contributed by atoms with Gasteiger partial charge in [0.05, 0.1) is 12.9 Å². The Labute approximate surface area is 112 Å². The van der Waals surface area contributed by atoms with Crippen LogP contribution in [0.5, 0.6) is 0 Å². The lowest BCUT2D eigenvalue weighted by Gasteiger charge is -2.24. The Morgan fingerprint density at radius 2 is 1.65 bits per heavy atom. The van der Waals surface area contributed by atoms with Gasteiger partial charge < -0.3 is 35.3 Å². The summed E-state index contributed by atoms with van der Waals surface area (Å²) in [5.41, 5.74) is 0. The van der Waals surface area contributed by atoms with E-state index in [4.69, 9.17) is 35.3 Å². The van der Waals surface area contributed by atoms with Crippen molar-refractivity contribution in [1.29, 1.82) is 0 Å². The van der Waals surface area contributed by atoms with E-state index in [1.165, 1.54) is 0 Å². The van der Waals surface area contributed by atoms with Gasteiger partial charge in [0.2, 0.25) is 0 Å². The minimum absolute atomic E-state index is 0.250. The maximum absolute atomic E-state index is 10.2. The summed E-state index contributed by atoms with van der Waals surface area (Å²) in [7, 11) is -4.86. The smallest absolute Gasteiger partial charge is 0.469 e. The Balaban J connectivity index is 0. The van der Waals surface area contributed by atoms with E-state index in [1.807, 2.05) is 0 Å². The highest BCUT2D eigenvalue weighted by Gasteiger charge is 2.35. The van der Waals surface area contributed by atoms with Crippen molar-refractivity contribution in [2.45, 2.75) is 24.4 Å². The Morgan fingerprint density at radius 1 is 1.25 bits per heavy atom. The molecule has 0 rings (SSSR count). The maximum atomic E-state index is 10.2. The third-order valence-corrected chi connectivity index (χ3v) is 2.22. The molecule has 0 aliphatic rings. The van der Waals surface area contributed by atoms with E-state index in [0.29, 0.717) is 0 Å². The first-order valence-electron chi connectivity index (χ1n) is 4.84. The van der Waals surface area contributed by atoms with Crippen LogP contribution in [0.1, 0.15) is 0 Å². The number of hydrogen-bond donors (Lipinski definition) is 7. The zero-order chi connectivity index (χ0) is 16.5. The molecular weight excluding hydrogens is 306 g/mol. The Morgan fingerprint density at radius 3 is 1.95 bits per heavy atom. The van der Waals surface area contributed by atoms with Crippen molar-refractivity contribution >= 4 is 13.8 Å². The molecule has 7 N–H and O–H groups in total. The van der Waals surface area contributed by atoms with Crippen molar-refractivity contribution in [3.8, 4) is 0 Å². The van der Waals surface area contributed by atoms with Gasteiger partial charge in [0.25, 0.3) is 0 Å². The number of carboxylic acids is 1. The molecule has 12 heteroatoms. The second kappa shape index (κ2) is 9.91. The molecule has 0 aromatic rings. The minimum atomic E-state index is -4.86. The number of halogens is 1. The normalized spacial score (nSPS) is 17.1. The molecular formula is C8H16FO10P. The number of aliphatic carboxylic acids is 1. The second-order valence-electron chi connectivity index (χ2n) is 3.27. The van der Waals surface area contributed by atoms with Gasteiger partial charge in [-0.05, 0) is 0 Å². The number of carbonyl (C=O) groups is 1. The molecule has 0 aliphatic heterocycles. The average molecular weight is 322 g/mol. The molecule has 0 aromatic carbocycles. The Hall–Kier alpha value is -0.910. The van der Waals surface area contributed by atoms with Gasteiger partial charge in [-0.15, -0.1) is 0 Å². The molecule has 0 aliphatic carbocycles. The van der Waals surface area contributed by atoms with Gasteiger partial charge in [0.15, 0.2) is 6.10 Å². The summed E-state index contributed by atoms with van der Waals surface area (Å²) in [6.07, 6.45) is -8.46. The Kier molecular flexibility index (Phi) is 10.6. The summed E-state index contributed by atoms with van der Waals surface area (Å²) in [4.78, 5) is 26.8. The predicted octanol–water partition coefficient (Wildman–Crippen LogP) is -2.28. The number of aliphatic hydroxyl groups is 4. The number of carboxylic acid groups (broad SMARTS) is 1. The molecule has 0 aromatic heterocycles. The quantitative estimate of drug-likeness (QED) is 0.252. The summed E-state index contributed by atoms with van der Waals surface area (Å²) < 4.78 is 24.1. The molecule has 120 valence electrons. The highest BCUT2D eigenvalue weighted by atomic mass is 31.2. The van der Waals surface area contributed by atoms with Crippen molar-refractivity contribution < 1.29 is 53.6 Å². The van der Waals surface area contributed by atoms with Crippen LogP contribution in [0.3, 0.4) is 0 Å². The molecule has 4 atom stereocenters. The molecule has 10 nitrogen and oxygen atoms in total. The van der Waals surface area contributed by atoms with Crippen LogP contribution in [-0.4, -0.2) is 72.3 Å². The summed E-state index contributed by atoms with van der Waals surface area (Å²) in [6, 6.07) is 0. The van der Waals surface area contributed by atoms with Crippen LogP contribution in [0.4, 0.5) is 4.39 Å². The van der Waals surface area contributed by atoms with E-state index in [9.17, 15) is 13.8 Å². The van der Waals surface area contributed by atoms with Gasteiger partial charge in [-0.1, -0.05) is 6.58 Å². The fourth-order valence-corrected chi connectivity index (χ4v) is 1.18. The van der Waals surface area contributed by atoms with Gasteiger partial charge in [0, 0.05) is 0 Å². The lowest BCUT2D eigenvalue weighted by Crippen LogP contribution is -2.48. The van der Waals surface area contributed by atoms with Crippen LogP contribution < -0.4 is 0 Å². The number of phosphoric acid groups is 1. The van der Waals surface area contributed by atoms with Crippen LogP contribution in [0, 0.1) is 0 Å². The topological polar surface area (TPSA) is 185 Å². The molecule has 0 saturated heterocycles. The van der Waals surface area contributed by atoms with Crippen molar-refractivity contribution in [2.75, 3.05) is 6.61 Å². The molecule has 0 spiro atoms. The van der Waals surface area contributed by atoms with Crippen LogP contribution in [-0.2, 0) is 13.9 Å². The fourth-order valence-electron chi connectivity index (χ4n) is 0.833. The standard InChI is InChI=1S/C6H13O10P.C2H3F/c7-2(1-16-17(13,14)15)3(8)4(9)5(10)6(11)12;1-2-3/h2-5,7-10H,1H2,(H,11,12)(H2,13,14,15);2H,1H2. The second-order valence-corrected chi connectivity index (χ2v) is 4.51. The summed E-state index contributed by atoms with van der Waals surface area (Å²) in [5, 5.41) is 44.4. The predicted molar refractivity (Wildman–Crippen MR) is 61.0 cm³/mol. The lowest BCUT2D eigenvalue weighted by atomic mass is 10.0. The maximum Gasteiger partial charge on any atom is 0.469 e. The number of hydrogen-bond acceptors (Lipinski definition) is 7. The zero-order valence-corrected chi connectivity index (χ0v) is 10.9. The number of rotatable bonds is 7. The van der Waals surface area contributed by atoms with Crippen LogP contribution in [0.2, 0.25) is 0 Å². The van der Waals surface area contributed by atoms with E-state index in [-0.39, 0.29) is 6.33 Å². The van der Waals surface area contributed by atoms with E-state index in [0.717, 1.165) is 0 Å². The first-order chi connectivity index (χ1) is 8.97. The van der Waals surface area contributed by atoms with Gasteiger partial charge in [0.1, 0.15) is 18.3 Å². The molecule has 0 radical (unpaired) electrons. The number of aliphatic hydroxyl groups excluding tert-OH is 4. The summed E-state index contributed by atoms with van der Waals surface area (Å²) in [5.74, 6) is -1.83. The molecule has 0 heterocycles. The van der Waals surface area contributed by atoms with E-state index >= 15 is 0 Å². The molecule has 0 saturated carbocycles. The van der Waals surface area contributed by atoms with Crippen LogP contribution in [0.15, 0.2) is 12.9 Å². The largest absolute Gasteiger partial charge is 0.479 e. The van der Waals surface area contributed by atoms with E-state index in [2.05, 4.69) is 11.1 Å². The highest BCUT2D eigenvalue weighted by molar-refractivity contribution is 7.46. The third-order valence-electron chi connectivity index (χ3n) is 1.73. The monoisotopic (exact) mass is 322 g/mol. The molecule has 0 amide bonds. The van der Waals surface area contributed by atoms with E-state index in [1.54, 1.807) is 0 Å². The van der Waals surface area contributed by atoms with Gasteiger partial charge in [-0.3, -0.25) is 4.52 Å². The first-order valence-corrected chi connectivity index (χ1v) is 6.37. The fraction of sp³-hybridized carbons (Fsp3) is 0.625. The van der Waals surface area contributed by atoms with Crippen LogP contribution in [0.25, 0.3) is 0 Å². The van der Waals surface area contributed by atoms with Crippen molar-refractivity contribution in [1.82, 2.24) is 0 Å². The highest BCUT2D eigenvalue weighted by Crippen LogP contribution is 2.35. The molecule has 20 heavy (non-hydrogen) atoms. The molecule has 4 unspecified atom stereocenters. The zero-order valence-electron chi connectivity index (χ0n) is 9.98. The van der Waals surface area contributed by atoms with Gasteiger partial charge in [-0.25, -0.2) is 13.8 Å². The lowest BCUT2D eigenvalue weighted by molar-refractivity contribution is -0.164. The third kappa shape index (κ3) is 9.95. The molecule has 0 fully saturated rings. The first kappa shape index (κ1) is 21.4. The van der Waals surface area contributed by atoms with Crippen LogP contribution >= 0.6 is 7.82 Å². The molecule has 0 bridgehead atoms. The summed E-state index contributed by atoms with van der Waals surface area (Å²) in [6.45, 7) is 1.65. The van der Waals surface area contributed by atoms with Gasteiger partial charge in [-0.2, -0.15) is 0 Å².